The third-order valence-corrected chi connectivity index (χ3v) is 8.65. The highest BCUT2D eigenvalue weighted by Crippen LogP contribution is 2.40. The summed E-state index contributed by atoms with van der Waals surface area (Å²) in [6.45, 7) is 0.420. The lowest BCUT2D eigenvalue weighted by molar-refractivity contribution is -0.245. The van der Waals surface area contributed by atoms with Gasteiger partial charge in [0, 0.05) is 36.9 Å². The van der Waals surface area contributed by atoms with Crippen molar-refractivity contribution in [1.82, 2.24) is 25.5 Å². The Morgan fingerprint density at radius 1 is 0.909 bits per heavy atom. The van der Waals surface area contributed by atoms with Crippen molar-refractivity contribution in [3.05, 3.63) is 131 Å². The molecule has 4 aromatic carbocycles. The Morgan fingerprint density at radius 3 is 2.43 bits per heavy atom. The molecule has 0 spiro atoms. The Hall–Kier alpha value is -4.35. The summed E-state index contributed by atoms with van der Waals surface area (Å²) in [5.41, 5.74) is 6.50. The van der Waals surface area contributed by atoms with Gasteiger partial charge >= 0.3 is 0 Å². The van der Waals surface area contributed by atoms with Gasteiger partial charge in [0.05, 0.1) is 18.8 Å². The molecule has 224 valence electrons. The van der Waals surface area contributed by atoms with E-state index in [1.165, 1.54) is 0 Å². The molecule has 3 unspecified atom stereocenters. The van der Waals surface area contributed by atoms with Crippen LogP contribution in [0.2, 0.25) is 0 Å². The number of aliphatic hydroxyl groups is 1. The first-order valence-electron chi connectivity index (χ1n) is 14.4. The Kier molecular flexibility index (Phi) is 9.43. The second-order valence-electron chi connectivity index (χ2n) is 10.6. The lowest BCUT2D eigenvalue weighted by Crippen LogP contribution is -2.31. The lowest BCUT2D eigenvalue weighted by Gasteiger charge is -2.36. The van der Waals surface area contributed by atoms with Crippen molar-refractivity contribution in [3.63, 3.8) is 0 Å². The van der Waals surface area contributed by atoms with Gasteiger partial charge in [-0.3, -0.25) is 4.79 Å². The van der Waals surface area contributed by atoms with Crippen molar-refractivity contribution >= 4 is 17.7 Å². The molecular formula is C34H33N5O4S. The number of thioether (sulfide) groups is 1. The summed E-state index contributed by atoms with van der Waals surface area (Å²) in [7, 11) is 1.82. The number of hydrogen-bond acceptors (Lipinski definition) is 8. The van der Waals surface area contributed by atoms with Crippen molar-refractivity contribution in [2.75, 3.05) is 5.75 Å². The van der Waals surface area contributed by atoms with Gasteiger partial charge in [-0.15, -0.1) is 5.10 Å². The highest BCUT2D eigenvalue weighted by atomic mass is 32.2. The molecule has 1 saturated heterocycles. The number of hydrogen-bond donors (Lipinski definition) is 2. The first kappa shape index (κ1) is 29.7. The summed E-state index contributed by atoms with van der Waals surface area (Å²) in [6.07, 6.45) is -0.213. The van der Waals surface area contributed by atoms with Crippen molar-refractivity contribution < 1.29 is 19.4 Å². The Labute approximate surface area is 260 Å². The Morgan fingerprint density at radius 2 is 1.68 bits per heavy atom. The normalized spacial score (nSPS) is 18.2. The van der Waals surface area contributed by atoms with Crippen LogP contribution in [0.15, 0.2) is 108 Å². The average molecular weight is 608 g/mol. The first-order valence-corrected chi connectivity index (χ1v) is 15.4. The van der Waals surface area contributed by atoms with Crippen LogP contribution in [-0.4, -0.2) is 43.1 Å². The van der Waals surface area contributed by atoms with E-state index in [-0.39, 0.29) is 24.7 Å². The third kappa shape index (κ3) is 7.23. The van der Waals surface area contributed by atoms with Gasteiger partial charge in [0.15, 0.2) is 6.29 Å². The fourth-order valence-corrected chi connectivity index (χ4v) is 6.00. The van der Waals surface area contributed by atoms with Gasteiger partial charge in [0.25, 0.3) is 5.91 Å². The minimum absolute atomic E-state index is 0.00404. The summed E-state index contributed by atoms with van der Waals surface area (Å²) in [6, 6.07) is 33.4. The highest BCUT2D eigenvalue weighted by Gasteiger charge is 2.32. The van der Waals surface area contributed by atoms with E-state index in [2.05, 4.69) is 45.1 Å². The third-order valence-electron chi connectivity index (χ3n) is 7.50. The number of rotatable bonds is 10. The number of aryl methyl sites for hydroxylation is 1. The van der Waals surface area contributed by atoms with E-state index in [4.69, 9.17) is 9.47 Å². The molecule has 0 saturated carbocycles. The summed E-state index contributed by atoms with van der Waals surface area (Å²) in [5.74, 6) is 0.559. The molecule has 44 heavy (non-hydrogen) atoms. The fraction of sp³-hybridized carbons (Fsp3) is 0.235. The SMILES string of the molecule is Cn1nnnc1SCC1CC(c2ccc(CO)cc2)OC(c2cccc(-c3cccc(CNC(=O)c4ccccc4)c3)c2)O1. The van der Waals surface area contributed by atoms with Crippen LogP contribution in [0, 0.1) is 0 Å². The summed E-state index contributed by atoms with van der Waals surface area (Å²) in [4.78, 5) is 12.5. The molecule has 5 aromatic rings. The predicted octanol–water partition coefficient (Wildman–Crippen LogP) is 5.64. The number of nitrogens with zero attached hydrogens (tertiary/aromatic N) is 4. The van der Waals surface area contributed by atoms with Crippen molar-refractivity contribution in [3.8, 4) is 11.1 Å². The molecular weight excluding hydrogens is 574 g/mol. The Bertz CT molecular complexity index is 1700. The number of carbonyl (C=O) groups excluding carboxylic acids is 1. The molecule has 1 amide bonds. The van der Waals surface area contributed by atoms with Crippen LogP contribution in [0.5, 0.6) is 0 Å². The zero-order valence-corrected chi connectivity index (χ0v) is 25.1. The predicted molar refractivity (Wildman–Crippen MR) is 167 cm³/mol. The molecule has 1 aromatic heterocycles. The minimum Gasteiger partial charge on any atom is -0.392 e. The number of amides is 1. The standard InChI is InChI=1S/C34H33N5O4S/c1-39-34(36-37-38-39)44-22-30-19-31(25-15-13-23(21-40)14-16-25)43-33(42-30)29-12-6-11-28(18-29)27-10-5-7-24(17-27)20-35-32(41)26-8-3-2-4-9-26/h2-18,30-31,33,40H,19-22H2,1H3,(H,35,41). The minimum atomic E-state index is -0.581. The Balaban J connectivity index is 1.20. The van der Waals surface area contributed by atoms with Gasteiger partial charge in [0.2, 0.25) is 5.16 Å². The second-order valence-corrected chi connectivity index (χ2v) is 11.6. The molecule has 1 fully saturated rings. The maximum atomic E-state index is 12.5. The summed E-state index contributed by atoms with van der Waals surface area (Å²) in [5, 5.41) is 25.0. The van der Waals surface area contributed by atoms with E-state index >= 15 is 0 Å². The van der Waals surface area contributed by atoms with Gasteiger partial charge in [0.1, 0.15) is 0 Å². The van der Waals surface area contributed by atoms with E-state index in [1.54, 1.807) is 28.6 Å². The summed E-state index contributed by atoms with van der Waals surface area (Å²) < 4.78 is 14.7. The van der Waals surface area contributed by atoms with Gasteiger partial charge in [-0.25, -0.2) is 4.68 Å². The van der Waals surface area contributed by atoms with Gasteiger partial charge in [-0.05, 0) is 62.5 Å². The first-order chi connectivity index (χ1) is 21.6. The van der Waals surface area contributed by atoms with E-state index < -0.39 is 6.29 Å². The smallest absolute Gasteiger partial charge is 0.251 e. The van der Waals surface area contributed by atoms with Gasteiger partial charge in [-0.2, -0.15) is 0 Å². The molecule has 1 aliphatic rings. The van der Waals surface area contributed by atoms with E-state index in [1.807, 2.05) is 73.8 Å². The largest absolute Gasteiger partial charge is 0.392 e. The molecule has 0 aliphatic carbocycles. The molecule has 3 atom stereocenters. The van der Waals surface area contributed by atoms with Crippen LogP contribution in [-0.2, 0) is 29.7 Å². The molecule has 2 N–H and O–H groups in total. The van der Waals surface area contributed by atoms with Crippen LogP contribution in [0.25, 0.3) is 11.1 Å². The number of aromatic nitrogens is 4. The van der Waals surface area contributed by atoms with Crippen LogP contribution >= 0.6 is 11.8 Å². The maximum Gasteiger partial charge on any atom is 0.251 e. The number of ether oxygens (including phenoxy) is 2. The quantitative estimate of drug-likeness (QED) is 0.196. The van der Waals surface area contributed by atoms with Crippen LogP contribution < -0.4 is 5.32 Å². The number of tetrazole rings is 1. The van der Waals surface area contributed by atoms with Crippen molar-refractivity contribution in [2.24, 2.45) is 7.05 Å². The van der Waals surface area contributed by atoms with E-state index in [9.17, 15) is 9.90 Å². The molecule has 10 heteroatoms. The highest BCUT2D eigenvalue weighted by molar-refractivity contribution is 7.99. The molecule has 9 nitrogen and oxygen atoms in total. The zero-order valence-electron chi connectivity index (χ0n) is 24.2. The number of carbonyl (C=O) groups is 1. The zero-order chi connectivity index (χ0) is 30.3. The maximum absolute atomic E-state index is 12.5. The molecule has 1 aliphatic heterocycles. The average Bonchev–Trinajstić information content (AvgIpc) is 3.51. The van der Waals surface area contributed by atoms with Gasteiger partial charge < -0.3 is 19.9 Å². The van der Waals surface area contributed by atoms with Crippen molar-refractivity contribution in [1.29, 1.82) is 0 Å². The van der Waals surface area contributed by atoms with Crippen LogP contribution in [0.4, 0.5) is 0 Å². The molecule has 0 bridgehead atoms. The number of aliphatic hydroxyl groups excluding tert-OH is 1. The fourth-order valence-electron chi connectivity index (χ4n) is 5.13. The van der Waals surface area contributed by atoms with Crippen LogP contribution in [0.3, 0.4) is 0 Å². The number of benzene rings is 4. The topological polar surface area (TPSA) is 111 Å². The summed E-state index contributed by atoms with van der Waals surface area (Å²) >= 11 is 1.55. The molecule has 0 radical (unpaired) electrons. The number of nitrogens with one attached hydrogen (secondary N) is 1. The second kappa shape index (κ2) is 14.0. The lowest BCUT2D eigenvalue weighted by atomic mass is 9.99. The van der Waals surface area contributed by atoms with E-state index in [0.717, 1.165) is 38.5 Å². The van der Waals surface area contributed by atoms with Crippen molar-refractivity contribution in [2.45, 2.75) is 43.2 Å². The van der Waals surface area contributed by atoms with E-state index in [0.29, 0.717) is 24.3 Å². The van der Waals surface area contributed by atoms with Crippen LogP contribution in [0.1, 0.15) is 51.4 Å². The van der Waals surface area contributed by atoms with Gasteiger partial charge in [-0.1, -0.05) is 90.6 Å². The molecule has 2 heterocycles. The molecule has 6 rings (SSSR count). The monoisotopic (exact) mass is 607 g/mol.